The number of ether oxygens (including phenoxy) is 2. The van der Waals surface area contributed by atoms with E-state index in [9.17, 15) is 35.1 Å². The molecule has 4 aliphatic rings. The standard InChI is InChI=1S/C25H34O9/c1-7-12(4)20(28)33-18-16-19-23(10-26,34-19)21(29)25(32)15(8-13(5)17(25)27)24(16,31)14(6)9-22(18,30)11(2)3/h7-8,14-16,18-19,21,26,29-32H,2,9-10H2,1,3-6H3. The first-order valence-electron chi connectivity index (χ1n) is 11.5. The van der Waals surface area contributed by atoms with Gasteiger partial charge in [-0.25, -0.2) is 4.79 Å². The first-order valence-corrected chi connectivity index (χ1v) is 11.5. The van der Waals surface area contributed by atoms with Crippen LogP contribution in [-0.4, -0.2) is 84.6 Å². The van der Waals surface area contributed by atoms with Crippen LogP contribution in [0.5, 0.6) is 0 Å². The van der Waals surface area contributed by atoms with Gasteiger partial charge in [0.15, 0.2) is 11.4 Å². The maximum atomic E-state index is 13.1. The molecule has 34 heavy (non-hydrogen) atoms. The molecule has 10 unspecified atom stereocenters. The Labute approximate surface area is 198 Å². The van der Waals surface area contributed by atoms with Crippen molar-refractivity contribution < 1.29 is 44.6 Å². The van der Waals surface area contributed by atoms with Crippen LogP contribution < -0.4 is 0 Å². The molecule has 1 aliphatic heterocycles. The van der Waals surface area contributed by atoms with E-state index in [-0.39, 0.29) is 17.6 Å². The van der Waals surface area contributed by atoms with Crippen LogP contribution in [0.2, 0.25) is 0 Å². The summed E-state index contributed by atoms with van der Waals surface area (Å²) < 4.78 is 11.6. The van der Waals surface area contributed by atoms with Crippen LogP contribution in [-0.2, 0) is 19.1 Å². The lowest BCUT2D eigenvalue weighted by atomic mass is 9.54. The summed E-state index contributed by atoms with van der Waals surface area (Å²) in [6.07, 6.45) is -1.51. The Morgan fingerprint density at radius 3 is 2.47 bits per heavy atom. The highest BCUT2D eigenvalue weighted by Crippen LogP contribution is 2.65. The van der Waals surface area contributed by atoms with E-state index >= 15 is 0 Å². The molecule has 0 aromatic carbocycles. The van der Waals surface area contributed by atoms with Gasteiger partial charge >= 0.3 is 5.97 Å². The molecular formula is C25H34O9. The number of hydrogen-bond acceptors (Lipinski definition) is 9. The topological polar surface area (TPSA) is 157 Å². The Bertz CT molecular complexity index is 1020. The number of rotatable bonds is 4. The van der Waals surface area contributed by atoms with E-state index in [1.165, 1.54) is 13.0 Å². The number of carbonyl (C=O) groups is 2. The molecule has 3 fully saturated rings. The first-order chi connectivity index (χ1) is 15.7. The van der Waals surface area contributed by atoms with Crippen molar-refractivity contribution in [1.29, 1.82) is 0 Å². The van der Waals surface area contributed by atoms with E-state index < -0.39 is 76.8 Å². The van der Waals surface area contributed by atoms with Gasteiger partial charge in [-0.05, 0) is 51.2 Å². The third kappa shape index (κ3) is 2.82. The van der Waals surface area contributed by atoms with Gasteiger partial charge in [0.1, 0.15) is 29.5 Å². The molecule has 0 spiro atoms. The van der Waals surface area contributed by atoms with Crippen molar-refractivity contribution in [3.8, 4) is 0 Å². The highest BCUT2D eigenvalue weighted by Gasteiger charge is 2.83. The lowest BCUT2D eigenvalue weighted by molar-refractivity contribution is -0.252. The normalized spacial score (nSPS) is 49.9. The molecule has 1 heterocycles. The minimum atomic E-state index is -2.47. The van der Waals surface area contributed by atoms with Gasteiger partial charge < -0.3 is 35.0 Å². The van der Waals surface area contributed by atoms with Crippen LogP contribution in [0.4, 0.5) is 0 Å². The van der Waals surface area contributed by atoms with Gasteiger partial charge in [0.05, 0.1) is 18.1 Å². The third-order valence-corrected chi connectivity index (χ3v) is 8.80. The molecule has 2 saturated carbocycles. The van der Waals surface area contributed by atoms with Gasteiger partial charge in [0.2, 0.25) is 0 Å². The van der Waals surface area contributed by atoms with Crippen LogP contribution >= 0.6 is 0 Å². The third-order valence-electron chi connectivity index (χ3n) is 8.80. The number of aliphatic hydroxyl groups is 5. The summed E-state index contributed by atoms with van der Waals surface area (Å²) in [6, 6.07) is 0. The number of Topliss-reactive ketones (excluding diaryl/α,β-unsaturated/α-hetero) is 1. The van der Waals surface area contributed by atoms with Gasteiger partial charge in [-0.3, -0.25) is 4.79 Å². The average Bonchev–Trinajstić information content (AvgIpc) is 3.48. The van der Waals surface area contributed by atoms with Crippen molar-refractivity contribution >= 4 is 11.8 Å². The predicted octanol–water partition coefficient (Wildman–Crippen LogP) is -0.0606. The molecule has 1 saturated heterocycles. The van der Waals surface area contributed by atoms with E-state index in [1.807, 2.05) is 0 Å². The van der Waals surface area contributed by atoms with Crippen molar-refractivity contribution in [3.05, 3.63) is 35.5 Å². The Balaban J connectivity index is 1.97. The molecule has 3 aliphatic carbocycles. The molecule has 0 amide bonds. The molecule has 0 aromatic rings. The summed E-state index contributed by atoms with van der Waals surface area (Å²) in [6.45, 7) is 11.0. The molecule has 10 atom stereocenters. The van der Waals surface area contributed by atoms with Crippen molar-refractivity contribution in [2.45, 2.75) is 81.8 Å². The van der Waals surface area contributed by atoms with E-state index in [4.69, 9.17) is 9.47 Å². The molecular weight excluding hydrogens is 444 g/mol. The van der Waals surface area contributed by atoms with Crippen LogP contribution in [0.15, 0.2) is 35.5 Å². The zero-order chi connectivity index (χ0) is 25.6. The van der Waals surface area contributed by atoms with E-state index in [0.717, 1.165) is 0 Å². The minimum absolute atomic E-state index is 0.0925. The number of aliphatic hydroxyl groups excluding tert-OH is 2. The molecule has 0 radical (unpaired) electrons. The number of esters is 1. The molecule has 0 aromatic heterocycles. The highest BCUT2D eigenvalue weighted by atomic mass is 16.6. The van der Waals surface area contributed by atoms with Gasteiger partial charge in [-0.15, -0.1) is 0 Å². The Morgan fingerprint density at radius 2 is 1.94 bits per heavy atom. The zero-order valence-electron chi connectivity index (χ0n) is 20.1. The largest absolute Gasteiger partial charge is 0.455 e. The van der Waals surface area contributed by atoms with Crippen LogP contribution in [0.1, 0.15) is 41.0 Å². The second-order valence-corrected chi connectivity index (χ2v) is 10.6. The van der Waals surface area contributed by atoms with Crippen LogP contribution in [0.25, 0.3) is 0 Å². The van der Waals surface area contributed by atoms with E-state index in [1.54, 1.807) is 33.8 Å². The fourth-order valence-electron chi connectivity index (χ4n) is 6.52. The summed E-state index contributed by atoms with van der Waals surface area (Å²) in [5.74, 6) is -4.75. The number of carbonyl (C=O) groups excluding carboxylic acids is 2. The minimum Gasteiger partial charge on any atom is -0.455 e. The van der Waals surface area contributed by atoms with Crippen molar-refractivity contribution in [2.75, 3.05) is 6.61 Å². The van der Waals surface area contributed by atoms with E-state index in [2.05, 4.69) is 6.58 Å². The lowest BCUT2D eigenvalue weighted by Gasteiger charge is -2.57. The van der Waals surface area contributed by atoms with Crippen LogP contribution in [0.3, 0.4) is 0 Å². The summed E-state index contributed by atoms with van der Waals surface area (Å²) in [7, 11) is 0. The maximum Gasteiger partial charge on any atom is 0.333 e. The van der Waals surface area contributed by atoms with Gasteiger partial charge in [-0.1, -0.05) is 25.7 Å². The van der Waals surface area contributed by atoms with Gasteiger partial charge in [0, 0.05) is 11.5 Å². The van der Waals surface area contributed by atoms with Crippen molar-refractivity contribution in [2.24, 2.45) is 17.8 Å². The smallest absolute Gasteiger partial charge is 0.333 e. The second-order valence-electron chi connectivity index (χ2n) is 10.6. The number of epoxide rings is 1. The van der Waals surface area contributed by atoms with Gasteiger partial charge in [-0.2, -0.15) is 0 Å². The summed E-state index contributed by atoms with van der Waals surface area (Å²) in [5.41, 5.74) is -7.26. The maximum absolute atomic E-state index is 13.1. The molecule has 188 valence electrons. The number of hydrogen-bond donors (Lipinski definition) is 5. The molecule has 0 bridgehead atoms. The Morgan fingerprint density at radius 1 is 1.32 bits per heavy atom. The van der Waals surface area contributed by atoms with Crippen LogP contribution in [0, 0.1) is 17.8 Å². The Kier molecular flexibility index (Phi) is 5.61. The second kappa shape index (κ2) is 7.56. The lowest BCUT2D eigenvalue weighted by Crippen LogP contribution is -2.71. The van der Waals surface area contributed by atoms with Gasteiger partial charge in [0.25, 0.3) is 0 Å². The molecule has 9 heteroatoms. The Hall–Kier alpha value is -1.88. The fourth-order valence-corrected chi connectivity index (χ4v) is 6.52. The fraction of sp³-hybridized carbons (Fsp3) is 0.680. The SMILES string of the molecule is C=C(C)C1(O)CC(C)C2(O)C(C1OC(=O)C(C)=CC)C1OC1(CO)C(O)C1(O)C(=O)C(C)=CC12. The van der Waals surface area contributed by atoms with Crippen molar-refractivity contribution in [1.82, 2.24) is 0 Å². The predicted molar refractivity (Wildman–Crippen MR) is 119 cm³/mol. The highest BCUT2D eigenvalue weighted by molar-refractivity contribution is 6.05. The summed E-state index contributed by atoms with van der Waals surface area (Å²) >= 11 is 0. The summed E-state index contributed by atoms with van der Waals surface area (Å²) in [4.78, 5) is 26.0. The molecule has 5 N–H and O–H groups in total. The monoisotopic (exact) mass is 478 g/mol. The zero-order valence-corrected chi connectivity index (χ0v) is 20.1. The average molecular weight is 479 g/mol. The first kappa shape index (κ1) is 25.2. The van der Waals surface area contributed by atoms with Crippen molar-refractivity contribution in [3.63, 3.8) is 0 Å². The number of allylic oxidation sites excluding steroid dienone is 1. The number of ketones is 1. The molecule has 4 rings (SSSR count). The number of fused-ring (bicyclic) bond motifs is 5. The molecule has 9 nitrogen and oxygen atoms in total. The quantitative estimate of drug-likeness (QED) is 0.162. The summed E-state index contributed by atoms with van der Waals surface area (Å²) in [5, 5.41) is 57.3. The van der Waals surface area contributed by atoms with E-state index in [0.29, 0.717) is 5.57 Å².